The summed E-state index contributed by atoms with van der Waals surface area (Å²) in [5, 5.41) is 22.1. The van der Waals surface area contributed by atoms with Crippen LogP contribution in [0.15, 0.2) is 42.6 Å². The van der Waals surface area contributed by atoms with Gasteiger partial charge < -0.3 is 15.0 Å². The van der Waals surface area contributed by atoms with E-state index in [1.54, 1.807) is 0 Å². The number of hydrogen-bond donors (Lipinski definition) is 3. The number of pyridine rings is 1. The molecule has 4 rings (SSSR count). The summed E-state index contributed by atoms with van der Waals surface area (Å²) in [6.45, 7) is 1.94. The molecule has 3 atom stereocenters. The monoisotopic (exact) mass is 431 g/mol. The van der Waals surface area contributed by atoms with Crippen LogP contribution >= 0.6 is 0 Å². The number of amides is 1. The second-order valence-corrected chi connectivity index (χ2v) is 8.49. The molecule has 1 aromatic carbocycles. The van der Waals surface area contributed by atoms with E-state index in [9.17, 15) is 9.90 Å². The number of aliphatic hydroxyl groups is 1. The van der Waals surface area contributed by atoms with Gasteiger partial charge in [-0.2, -0.15) is 5.26 Å². The van der Waals surface area contributed by atoms with Gasteiger partial charge in [-0.05, 0) is 49.9 Å². The fraction of sp³-hybridized carbons (Fsp3) is 0.400. The molecule has 0 bridgehead atoms. The van der Waals surface area contributed by atoms with Crippen molar-refractivity contribution in [3.05, 3.63) is 53.7 Å². The second kappa shape index (κ2) is 9.51. The summed E-state index contributed by atoms with van der Waals surface area (Å²) in [5.41, 5.74) is 4.98. The van der Waals surface area contributed by atoms with Crippen LogP contribution in [0.3, 0.4) is 0 Å². The van der Waals surface area contributed by atoms with E-state index in [0.717, 1.165) is 47.1 Å². The Balaban J connectivity index is 1.45. The molecule has 1 aliphatic carbocycles. The number of rotatable bonds is 7. The Morgan fingerprint density at radius 3 is 2.81 bits per heavy atom. The van der Waals surface area contributed by atoms with Crippen LogP contribution in [0.1, 0.15) is 48.5 Å². The van der Waals surface area contributed by atoms with Gasteiger partial charge in [0.1, 0.15) is 6.23 Å². The maximum atomic E-state index is 13.0. The number of H-pyrrole nitrogens is 1. The van der Waals surface area contributed by atoms with Crippen LogP contribution in [0.25, 0.3) is 22.3 Å². The average molecular weight is 432 g/mol. The molecule has 3 N–H and O–H groups in total. The van der Waals surface area contributed by atoms with Gasteiger partial charge in [0.25, 0.3) is 5.91 Å². The molecule has 2 heterocycles. The molecule has 7 nitrogen and oxygen atoms in total. The normalized spacial score (nSPS) is 19.1. The lowest BCUT2D eigenvalue weighted by Gasteiger charge is -2.25. The lowest BCUT2D eigenvalue weighted by atomic mass is 10.1. The summed E-state index contributed by atoms with van der Waals surface area (Å²) in [7, 11) is 1.86. The third kappa shape index (κ3) is 4.52. The molecule has 32 heavy (non-hydrogen) atoms. The molecule has 3 aromatic rings. The first-order valence-electron chi connectivity index (χ1n) is 11.2. The first kappa shape index (κ1) is 22.0. The van der Waals surface area contributed by atoms with E-state index in [-0.39, 0.29) is 18.0 Å². The smallest absolute Gasteiger partial charge is 0.253 e. The fourth-order valence-corrected chi connectivity index (χ4v) is 4.44. The molecule has 7 heteroatoms. The van der Waals surface area contributed by atoms with Gasteiger partial charge in [-0.15, -0.1) is 0 Å². The largest absolute Gasteiger partial charge is 0.379 e. The van der Waals surface area contributed by atoms with Crippen molar-refractivity contribution in [3.63, 3.8) is 0 Å². The van der Waals surface area contributed by atoms with Gasteiger partial charge in [-0.3, -0.25) is 10.1 Å². The molecular formula is C25H29N5O2. The Bertz CT molecular complexity index is 1130. The third-order valence-corrected chi connectivity index (χ3v) is 6.39. The molecule has 0 radical (unpaired) electrons. The Labute approximate surface area is 188 Å². The number of aromatic amines is 1. The van der Waals surface area contributed by atoms with Crippen LogP contribution in [-0.4, -0.2) is 51.2 Å². The van der Waals surface area contributed by atoms with Gasteiger partial charge in [0.15, 0.2) is 0 Å². The number of hydrogen-bond acceptors (Lipinski definition) is 5. The summed E-state index contributed by atoms with van der Waals surface area (Å²) >= 11 is 0. The van der Waals surface area contributed by atoms with Crippen molar-refractivity contribution in [3.8, 4) is 17.3 Å². The molecule has 1 amide bonds. The number of carbonyl (C=O) groups excluding carboxylic acids is 1. The molecule has 2 aromatic heterocycles. The van der Waals surface area contributed by atoms with Crippen LogP contribution in [0.5, 0.6) is 0 Å². The summed E-state index contributed by atoms with van der Waals surface area (Å²) < 4.78 is 0. The van der Waals surface area contributed by atoms with Crippen molar-refractivity contribution in [1.29, 1.82) is 5.26 Å². The number of fused-ring (bicyclic) bond motifs is 1. The standard InChI is InChI=1S/C25H29N5O2/c1-3-23(31)28-19-8-9-20(14-19)30(2)25(32)17-6-4-16(5-7-17)21-10-11-22-24(29-21)18(12-13-26)15-27-22/h4-7,10-11,15,19-20,23,27-28,31H,3,8-9,12,14H2,1-2H3/t19-,20+,23?/m0/s1. The Hall–Kier alpha value is -3.21. The molecule has 1 fully saturated rings. The molecule has 1 unspecified atom stereocenters. The number of aliphatic hydroxyl groups excluding tert-OH is 1. The third-order valence-electron chi connectivity index (χ3n) is 6.39. The summed E-state index contributed by atoms with van der Waals surface area (Å²) in [4.78, 5) is 22.7. The van der Waals surface area contributed by atoms with Gasteiger partial charge in [-0.25, -0.2) is 4.98 Å². The maximum absolute atomic E-state index is 13.0. The predicted molar refractivity (Wildman–Crippen MR) is 124 cm³/mol. The number of benzene rings is 1. The fourth-order valence-electron chi connectivity index (χ4n) is 4.44. The highest BCUT2D eigenvalue weighted by molar-refractivity contribution is 5.94. The number of nitrogens with zero attached hydrogens (tertiary/aromatic N) is 3. The first-order valence-corrected chi connectivity index (χ1v) is 11.2. The minimum Gasteiger partial charge on any atom is -0.379 e. The highest BCUT2D eigenvalue weighted by Crippen LogP contribution is 2.27. The Morgan fingerprint density at radius 1 is 1.31 bits per heavy atom. The van der Waals surface area contributed by atoms with Crippen LogP contribution in [0.2, 0.25) is 0 Å². The van der Waals surface area contributed by atoms with Gasteiger partial charge in [0.05, 0.1) is 29.2 Å². The molecule has 0 saturated heterocycles. The van der Waals surface area contributed by atoms with E-state index in [4.69, 9.17) is 10.2 Å². The van der Waals surface area contributed by atoms with Crippen LogP contribution < -0.4 is 5.32 Å². The molecule has 0 spiro atoms. The van der Waals surface area contributed by atoms with E-state index in [1.165, 1.54) is 0 Å². The van der Waals surface area contributed by atoms with Crippen molar-refractivity contribution in [2.24, 2.45) is 0 Å². The zero-order valence-corrected chi connectivity index (χ0v) is 18.5. The Morgan fingerprint density at radius 2 is 2.09 bits per heavy atom. The zero-order chi connectivity index (χ0) is 22.7. The van der Waals surface area contributed by atoms with Crippen LogP contribution in [-0.2, 0) is 6.42 Å². The minimum atomic E-state index is -0.484. The van der Waals surface area contributed by atoms with E-state index in [1.807, 2.05) is 61.5 Å². The van der Waals surface area contributed by atoms with Gasteiger partial charge >= 0.3 is 0 Å². The summed E-state index contributed by atoms with van der Waals surface area (Å²) in [6.07, 6.45) is 5.07. The van der Waals surface area contributed by atoms with Gasteiger partial charge in [0.2, 0.25) is 0 Å². The van der Waals surface area contributed by atoms with Crippen molar-refractivity contribution in [1.82, 2.24) is 20.2 Å². The van der Waals surface area contributed by atoms with Crippen molar-refractivity contribution < 1.29 is 9.90 Å². The van der Waals surface area contributed by atoms with Crippen molar-refractivity contribution in [2.75, 3.05) is 7.05 Å². The first-order chi connectivity index (χ1) is 15.5. The van der Waals surface area contributed by atoms with E-state index in [2.05, 4.69) is 16.4 Å². The number of nitrogens with one attached hydrogen (secondary N) is 2. The van der Waals surface area contributed by atoms with E-state index < -0.39 is 6.23 Å². The topological polar surface area (TPSA) is 105 Å². The number of aromatic nitrogens is 2. The van der Waals surface area contributed by atoms with Crippen molar-refractivity contribution in [2.45, 2.75) is 57.3 Å². The van der Waals surface area contributed by atoms with Gasteiger partial charge in [-0.1, -0.05) is 19.1 Å². The quantitative estimate of drug-likeness (QED) is 0.496. The van der Waals surface area contributed by atoms with E-state index in [0.29, 0.717) is 18.4 Å². The lowest BCUT2D eigenvalue weighted by Crippen LogP contribution is -2.39. The SMILES string of the molecule is CCC(O)N[C@H]1CC[C@@H](N(C)C(=O)c2ccc(-c3ccc4[nH]cc(CC#N)c4n3)cc2)C1. The molecule has 0 aliphatic heterocycles. The second-order valence-electron chi connectivity index (χ2n) is 8.49. The summed E-state index contributed by atoms with van der Waals surface area (Å²) in [5.74, 6) is 0.00333. The molecule has 1 aliphatic rings. The average Bonchev–Trinajstić information content (AvgIpc) is 3.45. The number of nitriles is 1. The highest BCUT2D eigenvalue weighted by Gasteiger charge is 2.30. The minimum absolute atomic E-state index is 0.00333. The van der Waals surface area contributed by atoms with E-state index >= 15 is 0 Å². The molecule has 166 valence electrons. The zero-order valence-electron chi connectivity index (χ0n) is 18.5. The predicted octanol–water partition coefficient (Wildman–Crippen LogP) is 3.61. The maximum Gasteiger partial charge on any atom is 0.253 e. The van der Waals surface area contributed by atoms with Crippen LogP contribution in [0, 0.1) is 11.3 Å². The number of carbonyl (C=O) groups is 1. The Kier molecular flexibility index (Phi) is 6.54. The molecular weight excluding hydrogens is 402 g/mol. The van der Waals surface area contributed by atoms with Crippen molar-refractivity contribution >= 4 is 16.9 Å². The molecule has 1 saturated carbocycles. The highest BCUT2D eigenvalue weighted by atomic mass is 16.3. The van der Waals surface area contributed by atoms with Crippen LogP contribution in [0.4, 0.5) is 0 Å². The van der Waals surface area contributed by atoms with Gasteiger partial charge in [0, 0.05) is 42.0 Å². The summed E-state index contributed by atoms with van der Waals surface area (Å²) in [6, 6.07) is 14.0. The lowest BCUT2D eigenvalue weighted by molar-refractivity contribution is 0.0729.